The summed E-state index contributed by atoms with van der Waals surface area (Å²) in [7, 11) is 0. The van der Waals surface area contributed by atoms with Gasteiger partial charge < -0.3 is 0 Å². The highest BCUT2D eigenvalue weighted by Gasteiger charge is 1.87. The maximum atomic E-state index is 3.83. The second kappa shape index (κ2) is 3.87. The van der Waals surface area contributed by atoms with Crippen LogP contribution in [0.15, 0.2) is 36.7 Å². The molecule has 0 saturated heterocycles. The molecule has 0 fully saturated rings. The lowest BCUT2D eigenvalue weighted by molar-refractivity contribution is 0.842. The summed E-state index contributed by atoms with van der Waals surface area (Å²) in [5.41, 5.74) is 2.43. The molecule has 0 bridgehead atoms. The van der Waals surface area contributed by atoms with Crippen molar-refractivity contribution in [2.45, 2.75) is 6.92 Å². The second-order valence-electron chi connectivity index (χ2n) is 3.11. The van der Waals surface area contributed by atoms with E-state index in [0.717, 1.165) is 5.56 Å². The number of rotatable bonds is 2. The molecular weight excluding hydrogens is 174 g/mol. The summed E-state index contributed by atoms with van der Waals surface area (Å²) >= 11 is 0. The van der Waals surface area contributed by atoms with Gasteiger partial charge in [0.15, 0.2) is 0 Å². The topological polar surface area (TPSA) is 30.7 Å². The largest absolute Gasteiger partial charge is 0.228 e. The molecule has 1 aromatic carbocycles. The number of aryl methyl sites for hydroxylation is 1. The van der Waals surface area contributed by atoms with Crippen molar-refractivity contribution < 1.29 is 0 Å². The maximum absolute atomic E-state index is 3.83. The van der Waals surface area contributed by atoms with Gasteiger partial charge in [0.25, 0.3) is 0 Å². The van der Waals surface area contributed by atoms with Crippen LogP contribution >= 0.6 is 0 Å². The third-order valence-corrected chi connectivity index (χ3v) is 1.94. The van der Waals surface area contributed by atoms with Gasteiger partial charge >= 0.3 is 0 Å². The Bertz CT molecular complexity index is 412. The number of benzene rings is 1. The van der Waals surface area contributed by atoms with Crippen molar-refractivity contribution >= 4 is 12.3 Å². The van der Waals surface area contributed by atoms with Gasteiger partial charge in [-0.2, -0.15) is 0 Å². The van der Waals surface area contributed by atoms with E-state index in [2.05, 4.69) is 41.5 Å². The van der Waals surface area contributed by atoms with Crippen LogP contribution in [-0.4, -0.2) is 15.0 Å². The molecule has 1 aromatic heterocycles. The molecule has 0 N–H and O–H groups in total. The SMILES string of the molecule is Cc1ccc(/C=C/n2ccnn2)cc1. The van der Waals surface area contributed by atoms with Crippen molar-refractivity contribution in [3.8, 4) is 0 Å². The Morgan fingerprint density at radius 3 is 2.64 bits per heavy atom. The molecule has 70 valence electrons. The molecule has 2 rings (SSSR count). The zero-order valence-corrected chi connectivity index (χ0v) is 7.96. The summed E-state index contributed by atoms with van der Waals surface area (Å²) in [6.45, 7) is 2.07. The molecule has 0 amide bonds. The second-order valence-corrected chi connectivity index (χ2v) is 3.11. The van der Waals surface area contributed by atoms with Crippen molar-refractivity contribution in [3.63, 3.8) is 0 Å². The molecule has 0 radical (unpaired) electrons. The van der Waals surface area contributed by atoms with Crippen LogP contribution in [0.1, 0.15) is 11.1 Å². The van der Waals surface area contributed by atoms with E-state index >= 15 is 0 Å². The molecule has 14 heavy (non-hydrogen) atoms. The van der Waals surface area contributed by atoms with E-state index in [0.29, 0.717) is 0 Å². The maximum Gasteiger partial charge on any atom is 0.0697 e. The van der Waals surface area contributed by atoms with Crippen LogP contribution in [0, 0.1) is 6.92 Å². The fourth-order valence-electron chi connectivity index (χ4n) is 1.14. The van der Waals surface area contributed by atoms with E-state index in [9.17, 15) is 0 Å². The van der Waals surface area contributed by atoms with Gasteiger partial charge in [0.05, 0.1) is 12.4 Å². The Labute approximate surface area is 82.7 Å². The quantitative estimate of drug-likeness (QED) is 0.718. The Morgan fingerprint density at radius 2 is 2.00 bits per heavy atom. The Hall–Kier alpha value is -1.90. The lowest BCUT2D eigenvalue weighted by atomic mass is 10.1. The minimum atomic E-state index is 1.16. The molecule has 3 nitrogen and oxygen atoms in total. The van der Waals surface area contributed by atoms with E-state index < -0.39 is 0 Å². The standard InChI is InChI=1S/C11H11N3/c1-10-2-4-11(5-3-10)6-8-14-9-7-12-13-14/h2-9H,1H3/b8-6+. The molecule has 3 heteroatoms. The zero-order chi connectivity index (χ0) is 9.80. The van der Waals surface area contributed by atoms with Crippen molar-refractivity contribution in [1.29, 1.82) is 0 Å². The fourth-order valence-corrected chi connectivity index (χ4v) is 1.14. The summed E-state index contributed by atoms with van der Waals surface area (Å²) in [4.78, 5) is 0. The van der Waals surface area contributed by atoms with Crippen molar-refractivity contribution in [2.24, 2.45) is 0 Å². The third-order valence-electron chi connectivity index (χ3n) is 1.94. The molecule has 0 unspecified atom stereocenters. The first kappa shape index (κ1) is 8.69. The van der Waals surface area contributed by atoms with E-state index in [4.69, 9.17) is 0 Å². The van der Waals surface area contributed by atoms with Gasteiger partial charge in [-0.25, -0.2) is 4.68 Å². The lowest BCUT2D eigenvalue weighted by Crippen LogP contribution is -1.85. The third kappa shape index (κ3) is 2.07. The summed E-state index contributed by atoms with van der Waals surface area (Å²) in [6, 6.07) is 8.31. The summed E-state index contributed by atoms with van der Waals surface area (Å²) in [5, 5.41) is 7.54. The van der Waals surface area contributed by atoms with Crippen molar-refractivity contribution in [1.82, 2.24) is 15.0 Å². The van der Waals surface area contributed by atoms with Crippen LogP contribution < -0.4 is 0 Å². The van der Waals surface area contributed by atoms with Gasteiger partial charge in [0, 0.05) is 6.20 Å². The van der Waals surface area contributed by atoms with E-state index in [1.807, 2.05) is 12.3 Å². The average molecular weight is 185 g/mol. The highest BCUT2D eigenvalue weighted by Crippen LogP contribution is 2.05. The normalized spacial score (nSPS) is 10.9. The average Bonchev–Trinajstić information content (AvgIpc) is 2.70. The minimum Gasteiger partial charge on any atom is -0.228 e. The molecular formula is C11H11N3. The van der Waals surface area contributed by atoms with Crippen LogP contribution in [0.3, 0.4) is 0 Å². The molecule has 0 saturated carbocycles. The number of nitrogens with zero attached hydrogens (tertiary/aromatic N) is 3. The summed E-state index contributed by atoms with van der Waals surface area (Å²) in [5.74, 6) is 0. The van der Waals surface area contributed by atoms with Crippen LogP contribution in [0.4, 0.5) is 0 Å². The molecule has 0 aliphatic heterocycles. The van der Waals surface area contributed by atoms with E-state index in [1.54, 1.807) is 17.1 Å². The summed E-state index contributed by atoms with van der Waals surface area (Å²) in [6.07, 6.45) is 7.32. The Balaban J connectivity index is 2.15. The van der Waals surface area contributed by atoms with Crippen LogP contribution in [0.2, 0.25) is 0 Å². The van der Waals surface area contributed by atoms with Gasteiger partial charge in [-0.3, -0.25) is 0 Å². The molecule has 0 aliphatic rings. The first-order valence-corrected chi connectivity index (χ1v) is 4.45. The predicted octanol–water partition coefficient (Wildman–Crippen LogP) is 2.21. The predicted molar refractivity (Wildman–Crippen MR) is 56.4 cm³/mol. The van der Waals surface area contributed by atoms with E-state index in [-0.39, 0.29) is 0 Å². The molecule has 2 aromatic rings. The highest BCUT2D eigenvalue weighted by molar-refractivity contribution is 5.59. The van der Waals surface area contributed by atoms with Crippen LogP contribution in [-0.2, 0) is 0 Å². The first-order chi connectivity index (χ1) is 6.84. The van der Waals surface area contributed by atoms with Gasteiger partial charge in [0.2, 0.25) is 0 Å². The molecule has 0 aliphatic carbocycles. The molecule has 0 spiro atoms. The lowest BCUT2D eigenvalue weighted by Gasteiger charge is -1.94. The first-order valence-electron chi connectivity index (χ1n) is 4.45. The van der Waals surface area contributed by atoms with Crippen molar-refractivity contribution in [2.75, 3.05) is 0 Å². The van der Waals surface area contributed by atoms with Gasteiger partial charge in [-0.05, 0) is 18.6 Å². The monoisotopic (exact) mass is 185 g/mol. The van der Waals surface area contributed by atoms with E-state index in [1.165, 1.54) is 5.56 Å². The Morgan fingerprint density at radius 1 is 1.21 bits per heavy atom. The summed E-state index contributed by atoms with van der Waals surface area (Å²) < 4.78 is 1.67. The van der Waals surface area contributed by atoms with Crippen molar-refractivity contribution in [3.05, 3.63) is 47.8 Å². The molecule has 1 heterocycles. The number of hydrogen-bond acceptors (Lipinski definition) is 2. The minimum absolute atomic E-state index is 1.16. The van der Waals surface area contributed by atoms with Gasteiger partial charge in [0.1, 0.15) is 0 Å². The smallest absolute Gasteiger partial charge is 0.0697 e. The number of aromatic nitrogens is 3. The fraction of sp³-hybridized carbons (Fsp3) is 0.0909. The van der Waals surface area contributed by atoms with Crippen LogP contribution in [0.25, 0.3) is 12.3 Å². The van der Waals surface area contributed by atoms with Gasteiger partial charge in [-0.15, -0.1) is 5.10 Å². The van der Waals surface area contributed by atoms with Gasteiger partial charge in [-0.1, -0.05) is 35.0 Å². The Kier molecular flexibility index (Phi) is 2.40. The number of hydrogen-bond donors (Lipinski definition) is 0. The molecule has 0 atom stereocenters. The zero-order valence-electron chi connectivity index (χ0n) is 7.96. The van der Waals surface area contributed by atoms with Crippen LogP contribution in [0.5, 0.6) is 0 Å². The highest BCUT2D eigenvalue weighted by atomic mass is 15.4.